The molecule has 13 heavy (non-hydrogen) atoms. The average Bonchev–Trinajstić information content (AvgIpc) is 2.04. The lowest BCUT2D eigenvalue weighted by atomic mass is 9.83. The minimum absolute atomic E-state index is 0. The normalized spacial score (nSPS) is 44.8. The van der Waals surface area contributed by atoms with Crippen molar-refractivity contribution in [1.29, 1.82) is 0 Å². The molecule has 0 aliphatic carbocycles. The molecule has 2 heterocycles. The molecule has 1 nitrogen and oxygen atoms in total. The van der Waals surface area contributed by atoms with Crippen LogP contribution >= 0.6 is 0 Å². The van der Waals surface area contributed by atoms with Crippen LogP contribution in [0.2, 0.25) is 0 Å². The SMILES string of the molecule is CC1CCC[N+]2(C)CCCCC12.[I-]. The first-order chi connectivity index (χ1) is 5.72. The Hall–Kier alpha value is 0.690. The molecule has 2 aliphatic heterocycles. The van der Waals surface area contributed by atoms with Gasteiger partial charge in [0.05, 0.1) is 26.2 Å². The van der Waals surface area contributed by atoms with Gasteiger partial charge in [-0.05, 0) is 32.1 Å². The minimum Gasteiger partial charge on any atom is -1.00 e. The van der Waals surface area contributed by atoms with Crippen molar-refractivity contribution in [2.45, 2.75) is 45.1 Å². The molecule has 0 radical (unpaired) electrons. The van der Waals surface area contributed by atoms with E-state index in [1.165, 1.54) is 49.7 Å². The van der Waals surface area contributed by atoms with E-state index in [2.05, 4.69) is 14.0 Å². The molecule has 3 unspecified atom stereocenters. The van der Waals surface area contributed by atoms with E-state index < -0.39 is 0 Å². The minimum atomic E-state index is 0. The Morgan fingerprint density at radius 3 is 2.38 bits per heavy atom. The van der Waals surface area contributed by atoms with Crippen LogP contribution in [0.3, 0.4) is 0 Å². The molecule has 2 aliphatic rings. The molecule has 0 aromatic carbocycles. The molecule has 3 atom stereocenters. The van der Waals surface area contributed by atoms with Crippen molar-refractivity contribution in [3.63, 3.8) is 0 Å². The van der Waals surface area contributed by atoms with Gasteiger partial charge in [0, 0.05) is 5.92 Å². The molecule has 2 heteroatoms. The molecule has 0 amide bonds. The first kappa shape index (κ1) is 11.8. The van der Waals surface area contributed by atoms with E-state index in [-0.39, 0.29) is 24.0 Å². The quantitative estimate of drug-likeness (QED) is 0.414. The molecule has 78 valence electrons. The largest absolute Gasteiger partial charge is 1.00 e. The fourth-order valence-corrected chi connectivity index (χ4v) is 3.45. The Bertz CT molecular complexity index is 167. The van der Waals surface area contributed by atoms with Crippen LogP contribution in [-0.2, 0) is 0 Å². The number of nitrogens with zero attached hydrogens (tertiary/aromatic N) is 1. The van der Waals surface area contributed by atoms with Gasteiger partial charge in [-0.25, -0.2) is 0 Å². The first-order valence-corrected chi connectivity index (χ1v) is 5.57. The van der Waals surface area contributed by atoms with E-state index in [4.69, 9.17) is 0 Å². The summed E-state index contributed by atoms with van der Waals surface area (Å²) < 4.78 is 1.40. The Labute approximate surface area is 99.5 Å². The van der Waals surface area contributed by atoms with Crippen LogP contribution in [0.1, 0.15) is 39.0 Å². The molecule has 2 rings (SSSR count). The molecule has 0 bridgehead atoms. The standard InChI is InChI=1S/C11H22N.HI/c1-10-6-5-9-12(2)8-4-3-7-11(10)12;/h10-11H,3-9H2,1-2H3;1H/q+1;/p-1. The fourth-order valence-electron chi connectivity index (χ4n) is 3.45. The molecule has 0 N–H and O–H groups in total. The van der Waals surface area contributed by atoms with E-state index in [1.807, 2.05) is 0 Å². The van der Waals surface area contributed by atoms with Crippen LogP contribution in [0.5, 0.6) is 0 Å². The van der Waals surface area contributed by atoms with E-state index in [0.717, 1.165) is 12.0 Å². The third kappa shape index (κ3) is 2.20. The monoisotopic (exact) mass is 295 g/mol. The molecule has 0 aromatic rings. The summed E-state index contributed by atoms with van der Waals surface area (Å²) in [5, 5.41) is 0. The third-order valence-corrected chi connectivity index (χ3v) is 4.20. The zero-order chi connectivity index (χ0) is 8.60. The number of piperidine rings is 2. The highest BCUT2D eigenvalue weighted by molar-refractivity contribution is 4.75. The zero-order valence-electron chi connectivity index (χ0n) is 8.93. The summed E-state index contributed by atoms with van der Waals surface area (Å²) in [7, 11) is 2.49. The maximum absolute atomic E-state index is 2.49. The lowest BCUT2D eigenvalue weighted by molar-refractivity contribution is -0.946. The summed E-state index contributed by atoms with van der Waals surface area (Å²) in [5.74, 6) is 0.990. The van der Waals surface area contributed by atoms with Crippen LogP contribution in [0.15, 0.2) is 0 Å². The summed E-state index contributed by atoms with van der Waals surface area (Å²) in [6, 6.07) is 1.01. The van der Waals surface area contributed by atoms with Gasteiger partial charge in [0.1, 0.15) is 0 Å². The maximum Gasteiger partial charge on any atom is 0.0914 e. The number of quaternary nitrogens is 1. The van der Waals surface area contributed by atoms with Crippen molar-refractivity contribution in [3.05, 3.63) is 0 Å². The second-order valence-corrected chi connectivity index (χ2v) is 5.11. The summed E-state index contributed by atoms with van der Waals surface area (Å²) in [6.07, 6.45) is 7.41. The Kier molecular flexibility index (Phi) is 4.05. The third-order valence-electron chi connectivity index (χ3n) is 4.20. The number of hydrogen-bond acceptors (Lipinski definition) is 0. The summed E-state index contributed by atoms with van der Waals surface area (Å²) in [5.41, 5.74) is 0. The Balaban J connectivity index is 0.000000845. The van der Waals surface area contributed by atoms with Gasteiger partial charge in [-0.2, -0.15) is 0 Å². The van der Waals surface area contributed by atoms with Crippen molar-refractivity contribution < 1.29 is 28.5 Å². The molecular formula is C11H22IN. The van der Waals surface area contributed by atoms with Gasteiger partial charge < -0.3 is 28.5 Å². The number of fused-ring (bicyclic) bond motifs is 1. The van der Waals surface area contributed by atoms with E-state index in [1.54, 1.807) is 0 Å². The van der Waals surface area contributed by atoms with Gasteiger partial charge in [0.25, 0.3) is 0 Å². The van der Waals surface area contributed by atoms with Crippen molar-refractivity contribution in [2.75, 3.05) is 20.1 Å². The fraction of sp³-hybridized carbons (Fsp3) is 1.00. The summed E-state index contributed by atoms with van der Waals surface area (Å²) >= 11 is 0. The lowest BCUT2D eigenvalue weighted by Gasteiger charge is -2.50. The van der Waals surface area contributed by atoms with Crippen LogP contribution in [0, 0.1) is 5.92 Å². The Morgan fingerprint density at radius 2 is 1.69 bits per heavy atom. The molecular weight excluding hydrogens is 273 g/mol. The van der Waals surface area contributed by atoms with Gasteiger partial charge in [0.15, 0.2) is 0 Å². The van der Waals surface area contributed by atoms with Crippen LogP contribution in [-0.4, -0.2) is 30.7 Å². The maximum atomic E-state index is 2.49. The van der Waals surface area contributed by atoms with Crippen molar-refractivity contribution in [2.24, 2.45) is 5.92 Å². The molecule has 0 aromatic heterocycles. The molecule has 0 saturated carbocycles. The second kappa shape index (κ2) is 4.47. The van der Waals surface area contributed by atoms with Crippen molar-refractivity contribution >= 4 is 0 Å². The highest BCUT2D eigenvalue weighted by atomic mass is 127. The zero-order valence-corrected chi connectivity index (χ0v) is 11.1. The molecule has 0 spiro atoms. The lowest BCUT2D eigenvalue weighted by Crippen LogP contribution is -3.00. The van der Waals surface area contributed by atoms with Gasteiger partial charge in [-0.1, -0.05) is 6.92 Å². The topological polar surface area (TPSA) is 0 Å². The highest BCUT2D eigenvalue weighted by Crippen LogP contribution is 2.35. The van der Waals surface area contributed by atoms with Gasteiger partial charge >= 0.3 is 0 Å². The summed E-state index contributed by atoms with van der Waals surface area (Å²) in [4.78, 5) is 0. The average molecular weight is 295 g/mol. The molecule has 2 saturated heterocycles. The van der Waals surface area contributed by atoms with Gasteiger partial charge in [-0.3, -0.25) is 0 Å². The predicted octanol–water partition coefficient (Wildman–Crippen LogP) is -0.581. The number of hydrogen-bond donors (Lipinski definition) is 0. The van der Waals surface area contributed by atoms with Crippen LogP contribution in [0.25, 0.3) is 0 Å². The summed E-state index contributed by atoms with van der Waals surface area (Å²) in [6.45, 7) is 5.37. The second-order valence-electron chi connectivity index (χ2n) is 5.11. The van der Waals surface area contributed by atoms with Crippen LogP contribution in [0.4, 0.5) is 0 Å². The number of halogens is 1. The van der Waals surface area contributed by atoms with Crippen molar-refractivity contribution in [3.8, 4) is 0 Å². The first-order valence-electron chi connectivity index (χ1n) is 5.57. The Morgan fingerprint density at radius 1 is 1.00 bits per heavy atom. The predicted molar refractivity (Wildman–Crippen MR) is 52.0 cm³/mol. The smallest absolute Gasteiger partial charge is 0.0914 e. The van der Waals surface area contributed by atoms with Crippen LogP contribution < -0.4 is 24.0 Å². The van der Waals surface area contributed by atoms with E-state index >= 15 is 0 Å². The van der Waals surface area contributed by atoms with Gasteiger partial charge in [0.2, 0.25) is 0 Å². The van der Waals surface area contributed by atoms with E-state index in [9.17, 15) is 0 Å². The van der Waals surface area contributed by atoms with Gasteiger partial charge in [-0.15, -0.1) is 0 Å². The van der Waals surface area contributed by atoms with E-state index in [0.29, 0.717) is 0 Å². The highest BCUT2D eigenvalue weighted by Gasteiger charge is 2.41. The molecule has 2 fully saturated rings. The van der Waals surface area contributed by atoms with Crippen molar-refractivity contribution in [1.82, 2.24) is 0 Å². The number of rotatable bonds is 0.